The molecule has 0 bridgehead atoms. The molecule has 0 heterocycles. The summed E-state index contributed by atoms with van der Waals surface area (Å²) in [4.78, 5) is 12.3. The summed E-state index contributed by atoms with van der Waals surface area (Å²) in [6.07, 6.45) is 14.8. The average molecular weight is 409 g/mol. The van der Waals surface area contributed by atoms with Gasteiger partial charge in [-0.25, -0.2) is 0 Å². The number of hydrogen-bond donors (Lipinski definition) is 0. The molecular weight excluding hydrogens is 372 g/mol. The zero-order valence-electron chi connectivity index (χ0n) is 18.6. The second-order valence-electron chi connectivity index (χ2n) is 8.27. The number of ether oxygens (including phenoxy) is 2. The van der Waals surface area contributed by atoms with Crippen molar-refractivity contribution in [3.63, 3.8) is 0 Å². The molecule has 0 saturated heterocycles. The van der Waals surface area contributed by atoms with Crippen molar-refractivity contribution < 1.29 is 14.3 Å². The third-order valence-corrected chi connectivity index (χ3v) is 5.82. The van der Waals surface area contributed by atoms with Gasteiger partial charge >= 0.3 is 5.97 Å². The highest BCUT2D eigenvalue weighted by molar-refractivity contribution is 5.97. The van der Waals surface area contributed by atoms with E-state index in [4.69, 9.17) is 9.47 Å². The van der Waals surface area contributed by atoms with E-state index in [1.165, 1.54) is 32.1 Å². The maximum absolute atomic E-state index is 12.3. The van der Waals surface area contributed by atoms with Crippen LogP contribution in [0.2, 0.25) is 0 Å². The Morgan fingerprint density at radius 3 is 2.50 bits per heavy atom. The molecule has 162 valence electrons. The van der Waals surface area contributed by atoms with Gasteiger partial charge in [-0.1, -0.05) is 89.1 Å². The smallest absolute Gasteiger partial charge is 0.306 e. The summed E-state index contributed by atoms with van der Waals surface area (Å²) in [5, 5.41) is 2.30. The Morgan fingerprint density at radius 1 is 0.900 bits per heavy atom. The van der Waals surface area contributed by atoms with Crippen LogP contribution >= 0.6 is 0 Å². The van der Waals surface area contributed by atoms with Crippen LogP contribution in [-0.4, -0.2) is 12.6 Å². The number of unbranched alkanes of at least 4 members (excludes halogenated alkanes) is 7. The molecule has 0 aromatic heterocycles. The molecule has 3 rings (SSSR count). The van der Waals surface area contributed by atoms with Gasteiger partial charge in [0.05, 0.1) is 6.61 Å². The van der Waals surface area contributed by atoms with Gasteiger partial charge in [0.15, 0.2) is 0 Å². The monoisotopic (exact) mass is 408 g/mol. The highest BCUT2D eigenvalue weighted by Gasteiger charge is 2.23. The molecule has 1 unspecified atom stereocenters. The van der Waals surface area contributed by atoms with Gasteiger partial charge in [-0.05, 0) is 35.8 Å². The van der Waals surface area contributed by atoms with Crippen molar-refractivity contribution in [3.05, 3.63) is 47.5 Å². The van der Waals surface area contributed by atoms with Gasteiger partial charge < -0.3 is 9.47 Å². The Bertz CT molecular complexity index is 853. The Kier molecular flexibility index (Phi) is 8.80. The lowest BCUT2D eigenvalue weighted by Crippen LogP contribution is -2.12. The van der Waals surface area contributed by atoms with E-state index in [-0.39, 0.29) is 12.1 Å². The minimum absolute atomic E-state index is 0.117. The Hall–Kier alpha value is -2.29. The van der Waals surface area contributed by atoms with Crippen LogP contribution in [0, 0.1) is 0 Å². The van der Waals surface area contributed by atoms with Crippen molar-refractivity contribution in [1.82, 2.24) is 0 Å². The molecule has 0 fully saturated rings. The molecule has 1 aliphatic carbocycles. The highest BCUT2D eigenvalue weighted by atomic mass is 16.5. The number of benzene rings is 2. The van der Waals surface area contributed by atoms with E-state index in [9.17, 15) is 4.79 Å². The van der Waals surface area contributed by atoms with Crippen LogP contribution in [0.15, 0.2) is 36.4 Å². The average Bonchev–Trinajstić information content (AvgIpc) is 2.76. The van der Waals surface area contributed by atoms with Crippen LogP contribution in [0.1, 0.15) is 95.3 Å². The zero-order chi connectivity index (χ0) is 21.2. The molecule has 30 heavy (non-hydrogen) atoms. The number of hydrogen-bond acceptors (Lipinski definition) is 3. The van der Waals surface area contributed by atoms with Crippen LogP contribution < -0.4 is 4.74 Å². The van der Waals surface area contributed by atoms with Gasteiger partial charge in [0.2, 0.25) is 0 Å². The molecule has 0 amide bonds. The molecule has 3 heteroatoms. The fourth-order valence-electron chi connectivity index (χ4n) is 4.12. The van der Waals surface area contributed by atoms with Crippen LogP contribution in [0.4, 0.5) is 0 Å². The molecular formula is C27H36O3. The summed E-state index contributed by atoms with van der Waals surface area (Å²) in [6, 6.07) is 10.4. The number of carbonyl (C=O) groups excluding carboxylic acids is 1. The van der Waals surface area contributed by atoms with E-state index in [0.29, 0.717) is 6.42 Å². The summed E-state index contributed by atoms with van der Waals surface area (Å²) >= 11 is 0. The highest BCUT2D eigenvalue weighted by Crippen LogP contribution is 2.40. The number of carbonyl (C=O) groups is 1. The Balaban J connectivity index is 1.67. The third kappa shape index (κ3) is 5.87. The van der Waals surface area contributed by atoms with Crippen molar-refractivity contribution in [2.75, 3.05) is 6.61 Å². The predicted octanol–water partition coefficient (Wildman–Crippen LogP) is 7.77. The van der Waals surface area contributed by atoms with E-state index in [0.717, 1.165) is 59.9 Å². The van der Waals surface area contributed by atoms with Crippen LogP contribution in [0.25, 0.3) is 16.8 Å². The van der Waals surface area contributed by atoms with Crippen LogP contribution in [0.3, 0.4) is 0 Å². The standard InChI is InChI=1S/C27H36O3/c1-3-5-7-8-9-11-20-29-24-18-16-21-13-12-14-22-25(19-17-23(24)27(21)22)30-26(28)15-10-6-4-2/h12-14,16-19,25H,3-11,15,20H2,1-2H3. The first kappa shape index (κ1) is 22.4. The van der Waals surface area contributed by atoms with Gasteiger partial charge in [0.25, 0.3) is 0 Å². The van der Waals surface area contributed by atoms with Gasteiger partial charge in [-0.2, -0.15) is 0 Å². The summed E-state index contributed by atoms with van der Waals surface area (Å²) < 4.78 is 12.0. The topological polar surface area (TPSA) is 35.5 Å². The SMILES string of the molecule is CCCCCCCCOc1ccc2cccc3c2c1C=CC3OC(=O)CCCCC. The van der Waals surface area contributed by atoms with Crippen LogP contribution in [-0.2, 0) is 9.53 Å². The minimum atomic E-state index is -0.316. The summed E-state index contributed by atoms with van der Waals surface area (Å²) in [5.74, 6) is 0.807. The molecule has 1 aliphatic rings. The summed E-state index contributed by atoms with van der Waals surface area (Å²) in [7, 11) is 0. The largest absolute Gasteiger partial charge is 0.493 e. The van der Waals surface area contributed by atoms with E-state index in [1.807, 2.05) is 12.1 Å². The van der Waals surface area contributed by atoms with E-state index < -0.39 is 0 Å². The molecule has 0 N–H and O–H groups in total. The van der Waals surface area contributed by atoms with Crippen molar-refractivity contribution in [3.8, 4) is 5.75 Å². The van der Waals surface area contributed by atoms with Crippen LogP contribution in [0.5, 0.6) is 5.75 Å². The number of esters is 1. The molecule has 3 nitrogen and oxygen atoms in total. The van der Waals surface area contributed by atoms with Gasteiger partial charge in [-0.3, -0.25) is 4.79 Å². The van der Waals surface area contributed by atoms with Gasteiger partial charge in [0.1, 0.15) is 11.9 Å². The quantitative estimate of drug-likeness (QED) is 0.251. The van der Waals surface area contributed by atoms with E-state index >= 15 is 0 Å². The molecule has 0 aliphatic heterocycles. The van der Waals surface area contributed by atoms with Gasteiger partial charge in [-0.15, -0.1) is 0 Å². The first-order valence-corrected chi connectivity index (χ1v) is 11.8. The first-order chi connectivity index (χ1) is 14.7. The zero-order valence-corrected chi connectivity index (χ0v) is 18.6. The molecule has 0 spiro atoms. The number of rotatable bonds is 13. The second-order valence-corrected chi connectivity index (χ2v) is 8.27. The predicted molar refractivity (Wildman–Crippen MR) is 125 cm³/mol. The molecule has 2 aromatic carbocycles. The lowest BCUT2D eigenvalue weighted by atomic mass is 9.91. The molecule has 2 aromatic rings. The molecule has 1 atom stereocenters. The summed E-state index contributed by atoms with van der Waals surface area (Å²) in [5.41, 5.74) is 2.16. The van der Waals surface area contributed by atoms with Crippen molar-refractivity contribution in [1.29, 1.82) is 0 Å². The minimum Gasteiger partial charge on any atom is -0.493 e. The first-order valence-electron chi connectivity index (χ1n) is 11.8. The van der Waals surface area contributed by atoms with E-state index in [1.54, 1.807) is 0 Å². The van der Waals surface area contributed by atoms with Crippen molar-refractivity contribution in [2.45, 2.75) is 84.2 Å². The van der Waals surface area contributed by atoms with Crippen molar-refractivity contribution in [2.24, 2.45) is 0 Å². The maximum Gasteiger partial charge on any atom is 0.306 e. The van der Waals surface area contributed by atoms with E-state index in [2.05, 4.69) is 44.2 Å². The lowest BCUT2D eigenvalue weighted by molar-refractivity contribution is -0.147. The normalized spacial score (nSPS) is 14.8. The lowest BCUT2D eigenvalue weighted by Gasteiger charge is -2.23. The Labute approximate surface area is 181 Å². The molecule has 0 saturated carbocycles. The second kappa shape index (κ2) is 11.8. The van der Waals surface area contributed by atoms with Gasteiger partial charge in [0, 0.05) is 17.5 Å². The summed E-state index contributed by atoms with van der Waals surface area (Å²) in [6.45, 7) is 5.13. The fourth-order valence-corrected chi connectivity index (χ4v) is 4.12. The Morgan fingerprint density at radius 2 is 1.67 bits per heavy atom. The maximum atomic E-state index is 12.3. The van der Waals surface area contributed by atoms with Crippen molar-refractivity contribution >= 4 is 22.8 Å². The molecule has 0 radical (unpaired) electrons. The third-order valence-electron chi connectivity index (χ3n) is 5.82. The fraction of sp³-hybridized carbons (Fsp3) is 0.519.